The van der Waals surface area contributed by atoms with Crippen molar-refractivity contribution in [3.05, 3.63) is 24.2 Å². The summed E-state index contributed by atoms with van der Waals surface area (Å²) in [6.45, 7) is 2.30. The van der Waals surface area contributed by atoms with Gasteiger partial charge in [-0.2, -0.15) is 24.4 Å². The molecule has 0 fully saturated rings. The van der Waals surface area contributed by atoms with Gasteiger partial charge in [-0.1, -0.05) is 6.92 Å². The Kier molecular flexibility index (Phi) is 6.28. The van der Waals surface area contributed by atoms with Crippen LogP contribution in [0.1, 0.15) is 25.5 Å². The SMILES string of the molecule is CC(CCS)CCSCc1ccco1. The minimum absolute atomic E-state index is 0.802. The molecule has 0 N–H and O–H groups in total. The van der Waals surface area contributed by atoms with E-state index >= 15 is 0 Å². The maximum atomic E-state index is 5.25. The van der Waals surface area contributed by atoms with Crippen molar-refractivity contribution < 1.29 is 4.42 Å². The van der Waals surface area contributed by atoms with Crippen molar-refractivity contribution >= 4 is 24.4 Å². The zero-order valence-electron chi connectivity index (χ0n) is 8.61. The molecule has 0 bridgehead atoms. The van der Waals surface area contributed by atoms with Crippen LogP contribution < -0.4 is 0 Å². The van der Waals surface area contributed by atoms with Gasteiger partial charge in [0.2, 0.25) is 0 Å². The van der Waals surface area contributed by atoms with Crippen LogP contribution in [0.25, 0.3) is 0 Å². The number of furan rings is 1. The van der Waals surface area contributed by atoms with Crippen molar-refractivity contribution in [2.24, 2.45) is 5.92 Å². The Balaban J connectivity index is 1.99. The summed E-state index contributed by atoms with van der Waals surface area (Å²) in [4.78, 5) is 0. The van der Waals surface area contributed by atoms with Crippen LogP contribution in [0.5, 0.6) is 0 Å². The molecule has 0 aliphatic rings. The number of thiol groups is 1. The summed E-state index contributed by atoms with van der Waals surface area (Å²) < 4.78 is 5.25. The quantitative estimate of drug-likeness (QED) is 0.564. The van der Waals surface area contributed by atoms with Crippen molar-refractivity contribution in [1.29, 1.82) is 0 Å². The largest absolute Gasteiger partial charge is 0.468 e. The molecule has 3 heteroatoms. The van der Waals surface area contributed by atoms with E-state index in [1.165, 1.54) is 18.6 Å². The van der Waals surface area contributed by atoms with Crippen molar-refractivity contribution in [3.63, 3.8) is 0 Å². The molecule has 1 aromatic rings. The molecule has 14 heavy (non-hydrogen) atoms. The summed E-state index contributed by atoms with van der Waals surface area (Å²) >= 11 is 6.18. The van der Waals surface area contributed by atoms with Crippen LogP contribution in [0, 0.1) is 5.92 Å². The Labute approximate surface area is 96.1 Å². The lowest BCUT2D eigenvalue weighted by Crippen LogP contribution is -1.97. The summed E-state index contributed by atoms with van der Waals surface area (Å²) in [7, 11) is 0. The van der Waals surface area contributed by atoms with Gasteiger partial charge in [-0.3, -0.25) is 0 Å². The standard InChI is InChI=1S/C11H18OS2/c1-10(4-7-13)5-8-14-9-11-3-2-6-12-11/h2-3,6,10,13H,4-5,7-9H2,1H3. The van der Waals surface area contributed by atoms with Gasteiger partial charge in [0.1, 0.15) is 5.76 Å². The molecule has 1 heterocycles. The molecular formula is C11H18OS2. The van der Waals surface area contributed by atoms with Gasteiger partial charge in [0.15, 0.2) is 0 Å². The molecule has 1 rings (SSSR count). The predicted molar refractivity (Wildman–Crippen MR) is 67.1 cm³/mol. The van der Waals surface area contributed by atoms with E-state index in [1.807, 2.05) is 23.9 Å². The highest BCUT2D eigenvalue weighted by Gasteiger charge is 2.01. The van der Waals surface area contributed by atoms with E-state index in [0.29, 0.717) is 0 Å². The lowest BCUT2D eigenvalue weighted by Gasteiger charge is -2.08. The third kappa shape index (κ3) is 5.01. The van der Waals surface area contributed by atoms with Gasteiger partial charge in [0.05, 0.1) is 12.0 Å². The molecule has 0 aliphatic heterocycles. The normalized spacial score (nSPS) is 13.0. The zero-order valence-corrected chi connectivity index (χ0v) is 10.3. The third-order valence-corrected chi connectivity index (χ3v) is 3.47. The highest BCUT2D eigenvalue weighted by Crippen LogP contribution is 2.17. The fourth-order valence-corrected chi connectivity index (χ4v) is 2.74. The molecule has 0 saturated heterocycles. The highest BCUT2D eigenvalue weighted by molar-refractivity contribution is 7.98. The number of hydrogen-bond donors (Lipinski definition) is 1. The Morgan fingerprint density at radius 1 is 1.50 bits per heavy atom. The molecule has 0 spiro atoms. The van der Waals surface area contributed by atoms with E-state index < -0.39 is 0 Å². The van der Waals surface area contributed by atoms with E-state index in [2.05, 4.69) is 19.6 Å². The van der Waals surface area contributed by atoms with Crippen molar-refractivity contribution in [2.75, 3.05) is 11.5 Å². The molecule has 0 amide bonds. The van der Waals surface area contributed by atoms with Gasteiger partial charge < -0.3 is 4.42 Å². The smallest absolute Gasteiger partial charge is 0.113 e. The molecule has 0 radical (unpaired) electrons. The zero-order chi connectivity index (χ0) is 10.2. The van der Waals surface area contributed by atoms with Crippen molar-refractivity contribution in [1.82, 2.24) is 0 Å². The van der Waals surface area contributed by atoms with Crippen molar-refractivity contribution in [2.45, 2.75) is 25.5 Å². The van der Waals surface area contributed by atoms with Gasteiger partial charge in [-0.05, 0) is 42.4 Å². The van der Waals surface area contributed by atoms with E-state index in [4.69, 9.17) is 4.42 Å². The number of rotatable bonds is 7. The van der Waals surface area contributed by atoms with Gasteiger partial charge >= 0.3 is 0 Å². The summed E-state index contributed by atoms with van der Waals surface area (Å²) in [5.41, 5.74) is 0. The second kappa shape index (κ2) is 7.30. The van der Waals surface area contributed by atoms with Gasteiger partial charge in [0, 0.05) is 0 Å². The van der Waals surface area contributed by atoms with Gasteiger partial charge in [-0.25, -0.2) is 0 Å². The molecule has 1 unspecified atom stereocenters. The summed E-state index contributed by atoms with van der Waals surface area (Å²) in [6, 6.07) is 3.98. The molecule has 80 valence electrons. The molecule has 1 aromatic heterocycles. The molecule has 0 saturated carbocycles. The minimum Gasteiger partial charge on any atom is -0.468 e. The third-order valence-electron chi connectivity index (χ3n) is 2.20. The monoisotopic (exact) mass is 230 g/mol. The Morgan fingerprint density at radius 2 is 2.36 bits per heavy atom. The first-order valence-electron chi connectivity index (χ1n) is 5.04. The first-order valence-corrected chi connectivity index (χ1v) is 6.82. The van der Waals surface area contributed by atoms with Crippen LogP contribution in [0.3, 0.4) is 0 Å². The lowest BCUT2D eigenvalue weighted by molar-refractivity contribution is 0.529. The molecular weight excluding hydrogens is 212 g/mol. The van der Waals surface area contributed by atoms with Gasteiger partial charge in [-0.15, -0.1) is 0 Å². The fraction of sp³-hybridized carbons (Fsp3) is 0.636. The van der Waals surface area contributed by atoms with Crippen LogP contribution in [0.15, 0.2) is 22.8 Å². The highest BCUT2D eigenvalue weighted by atomic mass is 32.2. The van der Waals surface area contributed by atoms with Crippen LogP contribution in [-0.2, 0) is 5.75 Å². The number of thioether (sulfide) groups is 1. The lowest BCUT2D eigenvalue weighted by atomic mass is 10.1. The maximum Gasteiger partial charge on any atom is 0.113 e. The topological polar surface area (TPSA) is 13.1 Å². The first kappa shape index (κ1) is 12.1. The van der Waals surface area contributed by atoms with Crippen LogP contribution >= 0.6 is 24.4 Å². The first-order chi connectivity index (χ1) is 6.83. The minimum atomic E-state index is 0.802. The van der Waals surface area contributed by atoms with E-state index in [-0.39, 0.29) is 0 Å². The maximum absolute atomic E-state index is 5.25. The molecule has 1 atom stereocenters. The Morgan fingerprint density at radius 3 is 3.00 bits per heavy atom. The average molecular weight is 230 g/mol. The average Bonchev–Trinajstić information content (AvgIpc) is 2.65. The van der Waals surface area contributed by atoms with E-state index in [0.717, 1.165) is 23.2 Å². The van der Waals surface area contributed by atoms with E-state index in [9.17, 15) is 0 Å². The fourth-order valence-electron chi connectivity index (χ4n) is 1.22. The summed E-state index contributed by atoms with van der Waals surface area (Å²) in [5.74, 6) is 5.11. The summed E-state index contributed by atoms with van der Waals surface area (Å²) in [6.07, 6.45) is 4.25. The van der Waals surface area contributed by atoms with Gasteiger partial charge in [0.25, 0.3) is 0 Å². The summed E-state index contributed by atoms with van der Waals surface area (Å²) in [5, 5.41) is 0. The second-order valence-electron chi connectivity index (χ2n) is 3.54. The second-order valence-corrected chi connectivity index (χ2v) is 5.09. The van der Waals surface area contributed by atoms with Crippen LogP contribution in [0.2, 0.25) is 0 Å². The Hall–Kier alpha value is -0.0200. The van der Waals surface area contributed by atoms with Crippen molar-refractivity contribution in [3.8, 4) is 0 Å². The molecule has 0 aliphatic carbocycles. The van der Waals surface area contributed by atoms with E-state index in [1.54, 1.807) is 6.26 Å². The predicted octanol–water partition coefficient (Wildman–Crippen LogP) is 3.86. The molecule has 1 nitrogen and oxygen atoms in total. The number of hydrogen-bond acceptors (Lipinski definition) is 3. The van der Waals surface area contributed by atoms with Crippen LogP contribution in [-0.4, -0.2) is 11.5 Å². The molecule has 0 aromatic carbocycles. The van der Waals surface area contributed by atoms with Crippen LogP contribution in [0.4, 0.5) is 0 Å². The Bertz CT molecular complexity index is 221.